The van der Waals surface area contributed by atoms with Gasteiger partial charge in [0.15, 0.2) is 5.69 Å². The molecule has 1 heterocycles. The normalized spacial score (nSPS) is 9.69. The zero-order valence-electron chi connectivity index (χ0n) is 7.16. The van der Waals surface area contributed by atoms with Gasteiger partial charge in [-0.3, -0.25) is 4.98 Å². The van der Waals surface area contributed by atoms with Gasteiger partial charge in [-0.15, -0.1) is 0 Å². The number of aromatic nitrogens is 2. The van der Waals surface area contributed by atoms with Gasteiger partial charge in [0, 0.05) is 0 Å². The Kier molecular flexibility index (Phi) is 3.64. The van der Waals surface area contributed by atoms with Gasteiger partial charge >= 0.3 is 5.97 Å². The van der Waals surface area contributed by atoms with Crippen molar-refractivity contribution in [1.82, 2.24) is 9.97 Å². The van der Waals surface area contributed by atoms with E-state index in [-0.39, 0.29) is 10.8 Å². The number of rotatable bonds is 3. The van der Waals surface area contributed by atoms with E-state index in [9.17, 15) is 4.79 Å². The molecule has 0 N–H and O–H groups in total. The third-order valence-corrected chi connectivity index (χ3v) is 1.43. The van der Waals surface area contributed by atoms with E-state index in [1.54, 1.807) is 0 Å². The second-order valence-electron chi connectivity index (χ2n) is 2.36. The summed E-state index contributed by atoms with van der Waals surface area (Å²) < 4.78 is 4.83. The van der Waals surface area contributed by atoms with E-state index in [1.165, 1.54) is 12.4 Å². The first kappa shape index (κ1) is 9.92. The number of halogens is 1. The summed E-state index contributed by atoms with van der Waals surface area (Å²) in [6.07, 6.45) is 3.46. The number of carbonyl (C=O) groups excluding carboxylic acids is 1. The smallest absolute Gasteiger partial charge is 0.358 e. The maximum Gasteiger partial charge on any atom is 0.358 e. The van der Waals surface area contributed by atoms with Gasteiger partial charge in [-0.2, -0.15) is 0 Å². The average Bonchev–Trinajstić information content (AvgIpc) is 2.14. The Morgan fingerprint density at radius 2 is 2.38 bits per heavy atom. The zero-order chi connectivity index (χ0) is 9.68. The van der Waals surface area contributed by atoms with Crippen LogP contribution < -0.4 is 0 Å². The molecule has 0 amide bonds. The molecular formula is C8H9ClN2O2. The lowest BCUT2D eigenvalue weighted by atomic mass is 10.4. The zero-order valence-corrected chi connectivity index (χ0v) is 7.91. The molecule has 0 unspecified atom stereocenters. The van der Waals surface area contributed by atoms with Crippen LogP contribution in [-0.4, -0.2) is 22.5 Å². The molecule has 0 fully saturated rings. The van der Waals surface area contributed by atoms with Crippen molar-refractivity contribution in [2.75, 3.05) is 6.61 Å². The molecule has 1 aromatic rings. The first-order valence-electron chi connectivity index (χ1n) is 3.88. The lowest BCUT2D eigenvalue weighted by Gasteiger charge is -2.01. The number of ether oxygens (including phenoxy) is 1. The molecule has 0 bridgehead atoms. The SMILES string of the molecule is CCCOC(=O)c1cncc(Cl)n1. The fourth-order valence-corrected chi connectivity index (χ4v) is 0.857. The Morgan fingerprint density at radius 1 is 1.62 bits per heavy atom. The summed E-state index contributed by atoms with van der Waals surface area (Å²) in [5.74, 6) is -0.489. The van der Waals surface area contributed by atoms with E-state index >= 15 is 0 Å². The molecule has 0 radical (unpaired) electrons. The first-order valence-corrected chi connectivity index (χ1v) is 4.26. The summed E-state index contributed by atoms with van der Waals surface area (Å²) >= 11 is 5.54. The van der Waals surface area contributed by atoms with Crippen molar-refractivity contribution in [3.8, 4) is 0 Å². The number of esters is 1. The van der Waals surface area contributed by atoms with Gasteiger partial charge in [0.05, 0.1) is 19.0 Å². The molecule has 5 heteroatoms. The number of hydrogen-bond donors (Lipinski definition) is 0. The summed E-state index contributed by atoms with van der Waals surface area (Å²) in [6.45, 7) is 2.30. The van der Waals surface area contributed by atoms with Crippen LogP contribution >= 0.6 is 11.6 Å². The maximum absolute atomic E-state index is 11.2. The lowest BCUT2D eigenvalue weighted by molar-refractivity contribution is 0.0497. The predicted octanol–water partition coefficient (Wildman–Crippen LogP) is 1.70. The molecule has 4 nitrogen and oxygen atoms in total. The van der Waals surface area contributed by atoms with Gasteiger partial charge in [0.25, 0.3) is 0 Å². The van der Waals surface area contributed by atoms with E-state index in [1.807, 2.05) is 6.92 Å². The van der Waals surface area contributed by atoms with Gasteiger partial charge in [-0.05, 0) is 6.42 Å². The number of hydrogen-bond acceptors (Lipinski definition) is 4. The van der Waals surface area contributed by atoms with E-state index < -0.39 is 5.97 Å². The van der Waals surface area contributed by atoms with Crippen LogP contribution in [0.2, 0.25) is 5.15 Å². The van der Waals surface area contributed by atoms with Crippen molar-refractivity contribution in [3.63, 3.8) is 0 Å². The number of nitrogens with zero attached hydrogens (tertiary/aromatic N) is 2. The Morgan fingerprint density at radius 3 is 3.00 bits per heavy atom. The molecule has 0 atom stereocenters. The van der Waals surface area contributed by atoms with E-state index in [0.717, 1.165) is 6.42 Å². The molecule has 13 heavy (non-hydrogen) atoms. The van der Waals surface area contributed by atoms with Crippen molar-refractivity contribution >= 4 is 17.6 Å². The van der Waals surface area contributed by atoms with Crippen LogP contribution in [-0.2, 0) is 4.74 Å². The summed E-state index contributed by atoms with van der Waals surface area (Å²) in [7, 11) is 0. The first-order chi connectivity index (χ1) is 6.24. The highest BCUT2D eigenvalue weighted by Gasteiger charge is 2.08. The van der Waals surface area contributed by atoms with E-state index in [0.29, 0.717) is 6.61 Å². The van der Waals surface area contributed by atoms with Gasteiger partial charge in [-0.25, -0.2) is 9.78 Å². The lowest BCUT2D eigenvalue weighted by Crippen LogP contribution is -2.08. The second kappa shape index (κ2) is 4.77. The molecule has 0 aliphatic carbocycles. The molecule has 0 saturated carbocycles. The van der Waals surface area contributed by atoms with Crippen molar-refractivity contribution in [2.24, 2.45) is 0 Å². The highest BCUT2D eigenvalue weighted by molar-refractivity contribution is 6.29. The quantitative estimate of drug-likeness (QED) is 0.697. The molecular weight excluding hydrogens is 192 g/mol. The van der Waals surface area contributed by atoms with Crippen molar-refractivity contribution < 1.29 is 9.53 Å². The Labute approximate surface area is 80.9 Å². The Bertz CT molecular complexity index is 304. The van der Waals surface area contributed by atoms with Gasteiger partial charge in [0.2, 0.25) is 0 Å². The van der Waals surface area contributed by atoms with Crippen molar-refractivity contribution in [3.05, 3.63) is 23.2 Å². The van der Waals surface area contributed by atoms with Crippen LogP contribution in [0.15, 0.2) is 12.4 Å². The molecule has 1 aromatic heterocycles. The minimum atomic E-state index is -0.489. The van der Waals surface area contributed by atoms with Gasteiger partial charge in [-0.1, -0.05) is 18.5 Å². The third kappa shape index (κ3) is 2.99. The van der Waals surface area contributed by atoms with Crippen LogP contribution in [0, 0.1) is 0 Å². The standard InChI is InChI=1S/C8H9ClN2O2/c1-2-3-13-8(12)6-4-10-5-7(9)11-6/h4-5H,2-3H2,1H3. The van der Waals surface area contributed by atoms with Crippen molar-refractivity contribution in [1.29, 1.82) is 0 Å². The molecule has 70 valence electrons. The minimum absolute atomic E-state index is 0.140. The van der Waals surface area contributed by atoms with E-state index in [2.05, 4.69) is 9.97 Å². The van der Waals surface area contributed by atoms with Gasteiger partial charge < -0.3 is 4.74 Å². The van der Waals surface area contributed by atoms with E-state index in [4.69, 9.17) is 16.3 Å². The molecule has 0 aliphatic heterocycles. The summed E-state index contributed by atoms with van der Waals surface area (Å²) in [5, 5.41) is 0.186. The molecule has 0 spiro atoms. The fraction of sp³-hybridized carbons (Fsp3) is 0.375. The van der Waals surface area contributed by atoms with Crippen molar-refractivity contribution in [2.45, 2.75) is 13.3 Å². The molecule has 0 saturated heterocycles. The monoisotopic (exact) mass is 200 g/mol. The van der Waals surface area contributed by atoms with Crippen LogP contribution in [0.3, 0.4) is 0 Å². The summed E-state index contributed by atoms with van der Waals surface area (Å²) in [6, 6.07) is 0. The van der Waals surface area contributed by atoms with Crippen LogP contribution in [0.5, 0.6) is 0 Å². The maximum atomic E-state index is 11.2. The highest BCUT2D eigenvalue weighted by atomic mass is 35.5. The summed E-state index contributed by atoms with van der Waals surface area (Å²) in [5.41, 5.74) is 0.140. The average molecular weight is 201 g/mol. The summed E-state index contributed by atoms with van der Waals surface area (Å²) in [4.78, 5) is 18.6. The van der Waals surface area contributed by atoms with Crippen LogP contribution in [0.25, 0.3) is 0 Å². The predicted molar refractivity (Wildman–Crippen MR) is 47.6 cm³/mol. The number of carbonyl (C=O) groups is 1. The minimum Gasteiger partial charge on any atom is -0.461 e. The van der Waals surface area contributed by atoms with Crippen LogP contribution in [0.4, 0.5) is 0 Å². The van der Waals surface area contributed by atoms with Crippen LogP contribution in [0.1, 0.15) is 23.8 Å². The second-order valence-corrected chi connectivity index (χ2v) is 2.75. The van der Waals surface area contributed by atoms with Gasteiger partial charge in [0.1, 0.15) is 5.15 Å². The molecule has 1 rings (SSSR count). The third-order valence-electron chi connectivity index (χ3n) is 1.25. The highest BCUT2D eigenvalue weighted by Crippen LogP contribution is 2.03. The Hall–Kier alpha value is -1.16. The Balaban J connectivity index is 2.66. The fourth-order valence-electron chi connectivity index (χ4n) is 0.709. The molecule has 0 aliphatic rings. The molecule has 0 aromatic carbocycles. The largest absolute Gasteiger partial charge is 0.461 e. The topological polar surface area (TPSA) is 52.1 Å².